The number of aliphatic imine (C=N–C) groups is 1. The molecule has 0 atom stereocenters. The zero-order chi connectivity index (χ0) is 20.6. The van der Waals surface area contributed by atoms with Gasteiger partial charge in [-0.15, -0.1) is 24.0 Å². The molecule has 30 heavy (non-hydrogen) atoms. The Labute approximate surface area is 195 Å². The van der Waals surface area contributed by atoms with Crippen molar-refractivity contribution in [3.8, 4) is 0 Å². The second-order valence-electron chi connectivity index (χ2n) is 7.32. The molecule has 0 bridgehead atoms. The monoisotopic (exact) mass is 524 g/mol. The van der Waals surface area contributed by atoms with Crippen LogP contribution in [0.2, 0.25) is 0 Å². The van der Waals surface area contributed by atoms with Gasteiger partial charge in [0.1, 0.15) is 5.82 Å². The van der Waals surface area contributed by atoms with Gasteiger partial charge in [0.2, 0.25) is 5.91 Å². The SMILES string of the molecule is CCNC(=NCc1ccc(C)c(F)c1)NCc1ccccc1CN1CCCC1=O.I. The number of nitrogens with one attached hydrogen (secondary N) is 2. The summed E-state index contributed by atoms with van der Waals surface area (Å²) >= 11 is 0. The van der Waals surface area contributed by atoms with Gasteiger partial charge in [-0.1, -0.05) is 36.4 Å². The van der Waals surface area contributed by atoms with Gasteiger partial charge < -0.3 is 15.5 Å². The van der Waals surface area contributed by atoms with Crippen LogP contribution in [0.1, 0.15) is 42.0 Å². The lowest BCUT2D eigenvalue weighted by Crippen LogP contribution is -2.37. The Morgan fingerprint density at radius 3 is 2.60 bits per heavy atom. The highest BCUT2D eigenvalue weighted by atomic mass is 127. The van der Waals surface area contributed by atoms with Gasteiger partial charge in [-0.3, -0.25) is 4.79 Å². The molecule has 1 saturated heterocycles. The molecular weight excluding hydrogens is 494 g/mol. The normalized spacial score (nSPS) is 13.9. The van der Waals surface area contributed by atoms with E-state index in [2.05, 4.69) is 27.8 Å². The number of hydrogen-bond acceptors (Lipinski definition) is 2. The highest BCUT2D eigenvalue weighted by Crippen LogP contribution is 2.17. The van der Waals surface area contributed by atoms with Crippen molar-refractivity contribution in [2.75, 3.05) is 13.1 Å². The molecule has 162 valence electrons. The molecule has 2 aromatic rings. The number of rotatable bonds is 7. The van der Waals surface area contributed by atoms with E-state index in [4.69, 9.17) is 0 Å². The van der Waals surface area contributed by atoms with Crippen LogP contribution in [0, 0.1) is 12.7 Å². The first-order valence-corrected chi connectivity index (χ1v) is 10.2. The van der Waals surface area contributed by atoms with Crippen molar-refractivity contribution in [1.82, 2.24) is 15.5 Å². The molecule has 1 amide bonds. The van der Waals surface area contributed by atoms with Gasteiger partial charge in [-0.2, -0.15) is 0 Å². The van der Waals surface area contributed by atoms with Gasteiger partial charge in [0.05, 0.1) is 6.54 Å². The van der Waals surface area contributed by atoms with E-state index in [0.717, 1.165) is 36.2 Å². The van der Waals surface area contributed by atoms with E-state index < -0.39 is 0 Å². The molecule has 5 nitrogen and oxygen atoms in total. The van der Waals surface area contributed by atoms with Gasteiger partial charge in [0, 0.05) is 32.6 Å². The fraction of sp³-hybridized carbons (Fsp3) is 0.391. The van der Waals surface area contributed by atoms with Gasteiger partial charge in [0.25, 0.3) is 0 Å². The molecule has 0 radical (unpaired) electrons. The van der Waals surface area contributed by atoms with Gasteiger partial charge in [-0.25, -0.2) is 9.38 Å². The molecule has 0 spiro atoms. The van der Waals surface area contributed by atoms with Gasteiger partial charge in [0.15, 0.2) is 5.96 Å². The van der Waals surface area contributed by atoms with Crippen molar-refractivity contribution in [3.63, 3.8) is 0 Å². The van der Waals surface area contributed by atoms with Gasteiger partial charge in [-0.05, 0) is 48.6 Å². The van der Waals surface area contributed by atoms with E-state index in [1.54, 1.807) is 13.0 Å². The number of benzene rings is 2. The smallest absolute Gasteiger partial charge is 0.222 e. The van der Waals surface area contributed by atoms with Crippen LogP contribution in [-0.4, -0.2) is 29.9 Å². The third kappa shape index (κ3) is 6.68. The number of aryl methyl sites for hydroxylation is 1. The molecular formula is C23H30FIN4O. The number of amides is 1. The summed E-state index contributed by atoms with van der Waals surface area (Å²) in [5.74, 6) is 0.703. The number of hydrogen-bond donors (Lipinski definition) is 2. The zero-order valence-electron chi connectivity index (χ0n) is 17.6. The number of guanidine groups is 1. The molecule has 1 heterocycles. The minimum atomic E-state index is -0.207. The maximum atomic E-state index is 13.8. The summed E-state index contributed by atoms with van der Waals surface area (Å²) in [5.41, 5.74) is 3.75. The van der Waals surface area contributed by atoms with Crippen LogP contribution in [-0.2, 0) is 24.4 Å². The van der Waals surface area contributed by atoms with Crippen LogP contribution < -0.4 is 10.6 Å². The topological polar surface area (TPSA) is 56.7 Å². The molecule has 1 aliphatic heterocycles. The first-order valence-electron chi connectivity index (χ1n) is 10.2. The molecule has 2 N–H and O–H groups in total. The zero-order valence-corrected chi connectivity index (χ0v) is 19.9. The highest BCUT2D eigenvalue weighted by molar-refractivity contribution is 14.0. The minimum Gasteiger partial charge on any atom is -0.357 e. The van der Waals surface area contributed by atoms with E-state index in [0.29, 0.717) is 37.6 Å². The molecule has 0 aliphatic carbocycles. The molecule has 1 fully saturated rings. The lowest BCUT2D eigenvalue weighted by Gasteiger charge is -2.19. The summed E-state index contributed by atoms with van der Waals surface area (Å²) in [5, 5.41) is 6.58. The minimum absolute atomic E-state index is 0. The van der Waals surface area contributed by atoms with Crippen molar-refractivity contribution in [1.29, 1.82) is 0 Å². The Bertz CT molecular complexity index is 887. The lowest BCUT2D eigenvalue weighted by molar-refractivity contribution is -0.128. The van der Waals surface area contributed by atoms with E-state index >= 15 is 0 Å². The Hall–Kier alpha value is -2.16. The first kappa shape index (κ1) is 24.1. The molecule has 2 aromatic carbocycles. The van der Waals surface area contributed by atoms with Crippen LogP contribution in [0.5, 0.6) is 0 Å². The number of likely N-dealkylation sites (tertiary alicyclic amines) is 1. The predicted molar refractivity (Wildman–Crippen MR) is 129 cm³/mol. The van der Waals surface area contributed by atoms with Gasteiger partial charge >= 0.3 is 0 Å². The van der Waals surface area contributed by atoms with E-state index in [-0.39, 0.29) is 35.7 Å². The average Bonchev–Trinajstić information content (AvgIpc) is 3.12. The summed E-state index contributed by atoms with van der Waals surface area (Å²) < 4.78 is 13.8. The first-order chi connectivity index (χ1) is 14.1. The molecule has 1 aliphatic rings. The second kappa shape index (κ2) is 11.9. The van der Waals surface area contributed by atoms with Crippen molar-refractivity contribution in [2.24, 2.45) is 4.99 Å². The number of carbonyl (C=O) groups is 1. The maximum Gasteiger partial charge on any atom is 0.222 e. The quantitative estimate of drug-likeness (QED) is 0.326. The molecule has 3 rings (SSSR count). The van der Waals surface area contributed by atoms with E-state index in [1.807, 2.05) is 30.0 Å². The van der Waals surface area contributed by atoms with Crippen LogP contribution in [0.15, 0.2) is 47.5 Å². The maximum absolute atomic E-state index is 13.8. The Morgan fingerprint density at radius 1 is 1.17 bits per heavy atom. The van der Waals surface area contributed by atoms with E-state index in [1.165, 1.54) is 6.07 Å². The Morgan fingerprint density at radius 2 is 1.93 bits per heavy atom. The number of nitrogens with zero attached hydrogens (tertiary/aromatic N) is 2. The Kier molecular flexibility index (Phi) is 9.55. The number of carbonyl (C=O) groups excluding carboxylic acids is 1. The largest absolute Gasteiger partial charge is 0.357 e. The van der Waals surface area contributed by atoms with Crippen LogP contribution in [0.4, 0.5) is 4.39 Å². The second-order valence-corrected chi connectivity index (χ2v) is 7.32. The fourth-order valence-corrected chi connectivity index (χ4v) is 3.39. The molecule has 7 heteroatoms. The fourth-order valence-electron chi connectivity index (χ4n) is 3.39. The third-order valence-corrected chi connectivity index (χ3v) is 5.10. The van der Waals surface area contributed by atoms with Crippen molar-refractivity contribution >= 4 is 35.8 Å². The van der Waals surface area contributed by atoms with Crippen molar-refractivity contribution < 1.29 is 9.18 Å². The third-order valence-electron chi connectivity index (χ3n) is 5.10. The molecule has 0 aromatic heterocycles. The summed E-state index contributed by atoms with van der Waals surface area (Å²) in [6.07, 6.45) is 1.59. The summed E-state index contributed by atoms with van der Waals surface area (Å²) in [7, 11) is 0. The van der Waals surface area contributed by atoms with E-state index in [9.17, 15) is 9.18 Å². The summed E-state index contributed by atoms with van der Waals surface area (Å²) in [6, 6.07) is 13.4. The highest BCUT2D eigenvalue weighted by Gasteiger charge is 2.20. The van der Waals surface area contributed by atoms with Crippen LogP contribution in [0.25, 0.3) is 0 Å². The molecule has 0 saturated carbocycles. The van der Waals surface area contributed by atoms with Crippen molar-refractivity contribution in [3.05, 3.63) is 70.5 Å². The Balaban J connectivity index is 0.00000320. The number of halogens is 2. The van der Waals surface area contributed by atoms with Crippen molar-refractivity contribution in [2.45, 2.75) is 46.3 Å². The van der Waals surface area contributed by atoms with Crippen LogP contribution in [0.3, 0.4) is 0 Å². The standard InChI is InChI=1S/C23H29FN4O.HI/c1-3-25-23(26-14-18-11-10-17(2)21(24)13-18)27-15-19-7-4-5-8-20(19)16-28-12-6-9-22(28)29;/h4-5,7-8,10-11,13H,3,6,9,12,14-16H2,1-2H3,(H2,25,26,27);1H. The lowest BCUT2D eigenvalue weighted by atomic mass is 10.1. The summed E-state index contributed by atoms with van der Waals surface area (Å²) in [6.45, 7) is 6.97. The summed E-state index contributed by atoms with van der Waals surface area (Å²) in [4.78, 5) is 18.5. The average molecular weight is 524 g/mol. The molecule has 0 unspecified atom stereocenters. The van der Waals surface area contributed by atoms with Crippen LogP contribution >= 0.6 is 24.0 Å². The predicted octanol–water partition coefficient (Wildman–Crippen LogP) is 4.13.